The second-order valence-corrected chi connectivity index (χ2v) is 4.47. The van der Waals surface area contributed by atoms with E-state index in [1.807, 2.05) is 23.1 Å². The van der Waals surface area contributed by atoms with Gasteiger partial charge in [-0.25, -0.2) is 4.68 Å². The van der Waals surface area contributed by atoms with Gasteiger partial charge in [-0.15, -0.1) is 0 Å². The first-order valence-electron chi connectivity index (χ1n) is 4.76. The van der Waals surface area contributed by atoms with Crippen LogP contribution in [0.15, 0.2) is 30.7 Å². The van der Waals surface area contributed by atoms with Crippen LogP contribution in [-0.2, 0) is 5.41 Å². The highest BCUT2D eigenvalue weighted by atomic mass is 15.3. The lowest BCUT2D eigenvalue weighted by atomic mass is 9.89. The van der Waals surface area contributed by atoms with Crippen LogP contribution in [-0.4, -0.2) is 14.8 Å². The molecule has 0 fully saturated rings. The second-order valence-electron chi connectivity index (χ2n) is 4.47. The van der Waals surface area contributed by atoms with Gasteiger partial charge in [-0.2, -0.15) is 5.10 Å². The van der Waals surface area contributed by atoms with Gasteiger partial charge in [-0.3, -0.25) is 0 Å². The number of aromatic nitrogens is 3. The van der Waals surface area contributed by atoms with Crippen LogP contribution in [0.1, 0.15) is 26.3 Å². The van der Waals surface area contributed by atoms with E-state index in [4.69, 9.17) is 0 Å². The first-order chi connectivity index (χ1) is 6.57. The Bertz CT molecular complexity index is 404. The predicted molar refractivity (Wildman–Crippen MR) is 56.6 cm³/mol. The molecule has 0 aliphatic rings. The van der Waals surface area contributed by atoms with Crippen molar-refractivity contribution in [1.82, 2.24) is 14.8 Å². The van der Waals surface area contributed by atoms with E-state index >= 15 is 0 Å². The molecule has 0 aliphatic carbocycles. The third kappa shape index (κ3) is 1.58. The molecule has 0 saturated carbocycles. The van der Waals surface area contributed by atoms with Crippen LogP contribution in [0.3, 0.4) is 0 Å². The molecule has 74 valence electrons. The number of rotatable bonds is 1. The summed E-state index contributed by atoms with van der Waals surface area (Å²) in [6.45, 7) is 6.59. The number of hydrogen-bond acceptors (Lipinski definition) is 1. The Balaban J connectivity index is 2.36. The summed E-state index contributed by atoms with van der Waals surface area (Å²) in [5, 5.41) is 4.17. The lowest BCUT2D eigenvalue weighted by molar-refractivity contribution is 0.591. The van der Waals surface area contributed by atoms with Crippen LogP contribution in [0.25, 0.3) is 5.82 Å². The summed E-state index contributed by atoms with van der Waals surface area (Å²) in [5.74, 6) is 1.01. The number of aromatic amines is 1. The SMILES string of the molecule is CC(C)(C)c1c[nH]c(-n2cccn2)c1. The smallest absolute Gasteiger partial charge is 0.131 e. The van der Waals surface area contributed by atoms with E-state index in [9.17, 15) is 0 Å². The zero-order valence-electron chi connectivity index (χ0n) is 8.78. The van der Waals surface area contributed by atoms with Gasteiger partial charge >= 0.3 is 0 Å². The molecule has 2 aromatic rings. The second kappa shape index (κ2) is 3.01. The normalized spacial score (nSPS) is 11.9. The van der Waals surface area contributed by atoms with Gasteiger partial charge in [-0.1, -0.05) is 20.8 Å². The average Bonchev–Trinajstić information content (AvgIpc) is 2.73. The molecule has 0 atom stereocenters. The quantitative estimate of drug-likeness (QED) is 0.734. The molecule has 0 saturated heterocycles. The molecule has 3 heteroatoms. The fourth-order valence-electron chi connectivity index (χ4n) is 1.36. The third-order valence-electron chi connectivity index (χ3n) is 2.29. The Kier molecular flexibility index (Phi) is 1.95. The lowest BCUT2D eigenvalue weighted by Crippen LogP contribution is -2.09. The van der Waals surface area contributed by atoms with Crippen LogP contribution in [0.5, 0.6) is 0 Å². The van der Waals surface area contributed by atoms with Crippen molar-refractivity contribution in [1.29, 1.82) is 0 Å². The molecule has 0 bridgehead atoms. The van der Waals surface area contributed by atoms with Gasteiger partial charge in [0.1, 0.15) is 5.82 Å². The number of H-pyrrole nitrogens is 1. The maximum Gasteiger partial charge on any atom is 0.131 e. The van der Waals surface area contributed by atoms with Gasteiger partial charge in [0, 0.05) is 18.6 Å². The molecule has 3 nitrogen and oxygen atoms in total. The highest BCUT2D eigenvalue weighted by Gasteiger charge is 2.15. The topological polar surface area (TPSA) is 33.6 Å². The zero-order valence-corrected chi connectivity index (χ0v) is 8.78. The highest BCUT2D eigenvalue weighted by Crippen LogP contribution is 2.23. The number of nitrogens with one attached hydrogen (secondary N) is 1. The molecular formula is C11H15N3. The molecule has 0 amide bonds. The monoisotopic (exact) mass is 189 g/mol. The first kappa shape index (κ1) is 9.06. The maximum absolute atomic E-state index is 4.17. The van der Waals surface area contributed by atoms with Crippen LogP contribution >= 0.6 is 0 Å². The van der Waals surface area contributed by atoms with Crippen molar-refractivity contribution in [2.75, 3.05) is 0 Å². The summed E-state index contributed by atoms with van der Waals surface area (Å²) in [4.78, 5) is 3.22. The van der Waals surface area contributed by atoms with Crippen molar-refractivity contribution >= 4 is 0 Å². The van der Waals surface area contributed by atoms with E-state index in [2.05, 4.69) is 36.9 Å². The fraction of sp³-hybridized carbons (Fsp3) is 0.364. The Morgan fingerprint density at radius 1 is 1.36 bits per heavy atom. The number of hydrogen-bond donors (Lipinski definition) is 1. The average molecular weight is 189 g/mol. The summed E-state index contributed by atoms with van der Waals surface area (Å²) >= 11 is 0. The molecule has 1 N–H and O–H groups in total. The van der Waals surface area contributed by atoms with Gasteiger partial charge in [0.2, 0.25) is 0 Å². The Morgan fingerprint density at radius 2 is 2.14 bits per heavy atom. The minimum Gasteiger partial charge on any atom is -0.346 e. The lowest BCUT2D eigenvalue weighted by Gasteiger charge is -2.15. The Hall–Kier alpha value is -1.51. The molecule has 0 aromatic carbocycles. The van der Waals surface area contributed by atoms with Crippen LogP contribution in [0, 0.1) is 0 Å². The minimum atomic E-state index is 0.182. The van der Waals surface area contributed by atoms with Gasteiger partial charge < -0.3 is 4.98 Å². The Morgan fingerprint density at radius 3 is 2.64 bits per heavy atom. The zero-order chi connectivity index (χ0) is 10.2. The van der Waals surface area contributed by atoms with Gasteiger partial charge in [0.05, 0.1) is 0 Å². The van der Waals surface area contributed by atoms with Crippen molar-refractivity contribution in [2.24, 2.45) is 0 Å². The van der Waals surface area contributed by atoms with Crippen molar-refractivity contribution in [3.05, 3.63) is 36.3 Å². The van der Waals surface area contributed by atoms with Crippen LogP contribution in [0.4, 0.5) is 0 Å². The highest BCUT2D eigenvalue weighted by molar-refractivity contribution is 5.32. The van der Waals surface area contributed by atoms with Crippen LogP contribution < -0.4 is 0 Å². The van der Waals surface area contributed by atoms with E-state index in [-0.39, 0.29) is 5.41 Å². The van der Waals surface area contributed by atoms with Gasteiger partial charge in [0.25, 0.3) is 0 Å². The molecule has 0 aliphatic heterocycles. The van der Waals surface area contributed by atoms with Gasteiger partial charge in [-0.05, 0) is 23.1 Å². The molecule has 2 heterocycles. The Labute approximate surface area is 83.8 Å². The van der Waals surface area contributed by atoms with E-state index in [0.717, 1.165) is 5.82 Å². The largest absolute Gasteiger partial charge is 0.346 e. The van der Waals surface area contributed by atoms with E-state index in [0.29, 0.717) is 0 Å². The fourth-order valence-corrected chi connectivity index (χ4v) is 1.36. The maximum atomic E-state index is 4.17. The van der Waals surface area contributed by atoms with Crippen molar-refractivity contribution in [3.63, 3.8) is 0 Å². The molecule has 0 spiro atoms. The number of nitrogens with zero attached hydrogens (tertiary/aromatic N) is 2. The molecule has 0 unspecified atom stereocenters. The molecular weight excluding hydrogens is 174 g/mol. The summed E-state index contributed by atoms with van der Waals surface area (Å²) in [6, 6.07) is 4.05. The third-order valence-corrected chi connectivity index (χ3v) is 2.29. The summed E-state index contributed by atoms with van der Waals surface area (Å²) < 4.78 is 1.83. The van der Waals surface area contributed by atoms with Crippen molar-refractivity contribution < 1.29 is 0 Å². The molecule has 2 rings (SSSR count). The van der Waals surface area contributed by atoms with E-state index < -0.39 is 0 Å². The van der Waals surface area contributed by atoms with E-state index in [1.54, 1.807) is 6.20 Å². The van der Waals surface area contributed by atoms with Crippen LogP contribution in [0.2, 0.25) is 0 Å². The molecule has 0 radical (unpaired) electrons. The first-order valence-corrected chi connectivity index (χ1v) is 4.76. The molecule has 2 aromatic heterocycles. The van der Waals surface area contributed by atoms with Gasteiger partial charge in [0.15, 0.2) is 0 Å². The summed E-state index contributed by atoms with van der Waals surface area (Å²) in [6.07, 6.45) is 5.74. The summed E-state index contributed by atoms with van der Waals surface area (Å²) in [7, 11) is 0. The summed E-state index contributed by atoms with van der Waals surface area (Å²) in [5.41, 5.74) is 1.48. The van der Waals surface area contributed by atoms with Crippen molar-refractivity contribution in [2.45, 2.75) is 26.2 Å². The minimum absolute atomic E-state index is 0.182. The standard InChI is InChI=1S/C11H15N3/c1-11(2,3)9-7-10(12-8-9)14-6-4-5-13-14/h4-8,12H,1-3H3. The molecule has 14 heavy (non-hydrogen) atoms. The predicted octanol–water partition coefficient (Wildman–Crippen LogP) is 2.50. The van der Waals surface area contributed by atoms with E-state index in [1.165, 1.54) is 5.56 Å². The van der Waals surface area contributed by atoms with Crippen molar-refractivity contribution in [3.8, 4) is 5.82 Å².